The second-order valence-corrected chi connectivity index (χ2v) is 3.77. The van der Waals surface area contributed by atoms with Crippen LogP contribution in [0.25, 0.3) is 0 Å². The Morgan fingerprint density at radius 3 is 2.83 bits per heavy atom. The Bertz CT molecular complexity index is 231. The van der Waals surface area contributed by atoms with E-state index in [1.54, 1.807) is 6.26 Å². The van der Waals surface area contributed by atoms with E-state index in [-0.39, 0.29) is 0 Å². The van der Waals surface area contributed by atoms with Crippen molar-refractivity contribution in [3.63, 3.8) is 0 Å². The summed E-state index contributed by atoms with van der Waals surface area (Å²) in [6.45, 7) is 4.59. The minimum atomic E-state index is 0.518. The molecule has 2 heterocycles. The maximum Gasteiger partial charge on any atom is 0.0934 e. The van der Waals surface area contributed by atoms with Gasteiger partial charge in [-0.25, -0.2) is 0 Å². The lowest BCUT2D eigenvalue weighted by atomic mass is 9.75. The summed E-state index contributed by atoms with van der Waals surface area (Å²) < 4.78 is 5.05. The summed E-state index contributed by atoms with van der Waals surface area (Å²) in [5, 5.41) is 3.33. The second kappa shape index (κ2) is 2.94. The fourth-order valence-electron chi connectivity index (χ4n) is 1.80. The summed E-state index contributed by atoms with van der Waals surface area (Å²) in [7, 11) is 0. The van der Waals surface area contributed by atoms with E-state index in [0.29, 0.717) is 5.41 Å². The molecule has 0 aromatic carbocycles. The van der Waals surface area contributed by atoms with Gasteiger partial charge in [-0.05, 0) is 29.9 Å². The molecule has 2 nitrogen and oxygen atoms in total. The lowest BCUT2D eigenvalue weighted by Gasteiger charge is -2.42. The smallest absolute Gasteiger partial charge is 0.0934 e. The van der Waals surface area contributed by atoms with Crippen LogP contribution in [0.4, 0.5) is 0 Å². The number of furan rings is 1. The quantitative estimate of drug-likeness (QED) is 0.739. The maximum atomic E-state index is 5.05. The van der Waals surface area contributed by atoms with Crippen molar-refractivity contribution in [2.75, 3.05) is 13.1 Å². The Balaban J connectivity index is 2.01. The summed E-state index contributed by atoms with van der Waals surface area (Å²) in [6.07, 6.45) is 6.03. The highest BCUT2D eigenvalue weighted by molar-refractivity contribution is 5.11. The fourth-order valence-corrected chi connectivity index (χ4v) is 1.80. The number of hydrogen-bond acceptors (Lipinski definition) is 2. The first kappa shape index (κ1) is 7.87. The summed E-state index contributed by atoms with van der Waals surface area (Å²) >= 11 is 0. The molecule has 1 fully saturated rings. The van der Waals surface area contributed by atoms with Gasteiger partial charge in [0, 0.05) is 13.1 Å². The van der Waals surface area contributed by atoms with Gasteiger partial charge >= 0.3 is 0 Å². The number of hydrogen-bond donors (Lipinski definition) is 1. The Hall–Kier alpha value is -0.760. The van der Waals surface area contributed by atoms with E-state index in [0.717, 1.165) is 19.5 Å². The van der Waals surface area contributed by atoms with Crippen molar-refractivity contribution in [2.45, 2.75) is 19.8 Å². The monoisotopic (exact) mass is 165 g/mol. The molecule has 0 spiro atoms. The third-order valence-corrected chi connectivity index (χ3v) is 2.91. The van der Waals surface area contributed by atoms with Crippen LogP contribution in [0.1, 0.15) is 18.9 Å². The standard InChI is InChI=1S/C10H15NO/c1-2-10(7-11-8-10)5-9-3-4-12-6-9/h3-4,6,11H,2,5,7-8H2,1H3. The van der Waals surface area contributed by atoms with Gasteiger partial charge in [0.15, 0.2) is 0 Å². The molecule has 0 saturated carbocycles. The Morgan fingerprint density at radius 1 is 1.58 bits per heavy atom. The largest absolute Gasteiger partial charge is 0.472 e. The van der Waals surface area contributed by atoms with Gasteiger partial charge in [-0.2, -0.15) is 0 Å². The SMILES string of the molecule is CCC1(Cc2ccoc2)CNC1. The zero-order valence-electron chi connectivity index (χ0n) is 7.47. The summed E-state index contributed by atoms with van der Waals surface area (Å²) in [5.74, 6) is 0. The number of rotatable bonds is 3. The van der Waals surface area contributed by atoms with Crippen molar-refractivity contribution >= 4 is 0 Å². The molecule has 2 heteroatoms. The molecular formula is C10H15NO. The molecule has 1 saturated heterocycles. The molecule has 12 heavy (non-hydrogen) atoms. The lowest BCUT2D eigenvalue weighted by molar-refractivity contribution is 0.160. The van der Waals surface area contributed by atoms with Gasteiger partial charge in [-0.15, -0.1) is 0 Å². The predicted octanol–water partition coefficient (Wildman–Crippen LogP) is 1.82. The summed E-state index contributed by atoms with van der Waals surface area (Å²) in [4.78, 5) is 0. The third kappa shape index (κ3) is 1.27. The van der Waals surface area contributed by atoms with E-state index >= 15 is 0 Å². The molecule has 2 rings (SSSR count). The van der Waals surface area contributed by atoms with Gasteiger partial charge in [0.25, 0.3) is 0 Å². The molecule has 1 aromatic rings. The van der Waals surface area contributed by atoms with Crippen LogP contribution in [0.15, 0.2) is 23.0 Å². The minimum Gasteiger partial charge on any atom is -0.472 e. The van der Waals surface area contributed by atoms with Crippen molar-refractivity contribution in [1.82, 2.24) is 5.32 Å². The van der Waals surface area contributed by atoms with Crippen LogP contribution in [0.3, 0.4) is 0 Å². The van der Waals surface area contributed by atoms with Gasteiger partial charge < -0.3 is 9.73 Å². The summed E-state index contributed by atoms with van der Waals surface area (Å²) in [5.41, 5.74) is 1.85. The second-order valence-electron chi connectivity index (χ2n) is 3.77. The zero-order chi connectivity index (χ0) is 8.44. The van der Waals surface area contributed by atoms with E-state index < -0.39 is 0 Å². The molecule has 66 valence electrons. The van der Waals surface area contributed by atoms with Gasteiger partial charge in [0.1, 0.15) is 0 Å². The molecule has 0 aliphatic carbocycles. The molecular weight excluding hydrogens is 150 g/mol. The molecule has 1 N–H and O–H groups in total. The predicted molar refractivity (Wildman–Crippen MR) is 48.0 cm³/mol. The molecule has 1 aliphatic heterocycles. The first-order valence-electron chi connectivity index (χ1n) is 4.56. The molecule has 1 aromatic heterocycles. The van der Waals surface area contributed by atoms with Crippen molar-refractivity contribution < 1.29 is 4.42 Å². The van der Waals surface area contributed by atoms with Gasteiger partial charge in [0.2, 0.25) is 0 Å². The van der Waals surface area contributed by atoms with E-state index in [9.17, 15) is 0 Å². The highest BCUT2D eigenvalue weighted by atomic mass is 16.3. The first-order valence-corrected chi connectivity index (χ1v) is 4.56. The molecule has 0 bridgehead atoms. The van der Waals surface area contributed by atoms with Crippen LogP contribution in [0, 0.1) is 5.41 Å². The summed E-state index contributed by atoms with van der Waals surface area (Å²) in [6, 6.07) is 2.07. The van der Waals surface area contributed by atoms with Crippen molar-refractivity contribution in [3.05, 3.63) is 24.2 Å². The Labute approximate surface area is 73.0 Å². The average Bonchev–Trinajstić information content (AvgIpc) is 2.49. The van der Waals surface area contributed by atoms with Crippen LogP contribution in [-0.2, 0) is 6.42 Å². The normalized spacial score (nSPS) is 20.4. The maximum absolute atomic E-state index is 5.05. The first-order chi connectivity index (χ1) is 5.85. The van der Waals surface area contributed by atoms with E-state index in [2.05, 4.69) is 18.3 Å². The van der Waals surface area contributed by atoms with Gasteiger partial charge in [-0.3, -0.25) is 0 Å². The fraction of sp³-hybridized carbons (Fsp3) is 0.600. The van der Waals surface area contributed by atoms with Crippen molar-refractivity contribution in [1.29, 1.82) is 0 Å². The molecule has 0 radical (unpaired) electrons. The van der Waals surface area contributed by atoms with Crippen LogP contribution in [-0.4, -0.2) is 13.1 Å². The van der Waals surface area contributed by atoms with Crippen molar-refractivity contribution in [2.24, 2.45) is 5.41 Å². The topological polar surface area (TPSA) is 25.2 Å². The Morgan fingerprint density at radius 2 is 2.42 bits per heavy atom. The van der Waals surface area contributed by atoms with Crippen LogP contribution in [0.2, 0.25) is 0 Å². The average molecular weight is 165 g/mol. The lowest BCUT2D eigenvalue weighted by Crippen LogP contribution is -2.54. The highest BCUT2D eigenvalue weighted by Crippen LogP contribution is 2.31. The van der Waals surface area contributed by atoms with Crippen LogP contribution >= 0.6 is 0 Å². The Kier molecular flexibility index (Phi) is 1.93. The van der Waals surface area contributed by atoms with Crippen LogP contribution < -0.4 is 5.32 Å². The highest BCUT2D eigenvalue weighted by Gasteiger charge is 2.34. The van der Waals surface area contributed by atoms with Gasteiger partial charge in [-0.1, -0.05) is 6.92 Å². The molecule has 0 amide bonds. The van der Waals surface area contributed by atoms with E-state index in [1.165, 1.54) is 12.0 Å². The molecule has 0 atom stereocenters. The van der Waals surface area contributed by atoms with Gasteiger partial charge in [0.05, 0.1) is 12.5 Å². The van der Waals surface area contributed by atoms with Crippen LogP contribution in [0.5, 0.6) is 0 Å². The van der Waals surface area contributed by atoms with E-state index in [4.69, 9.17) is 4.42 Å². The molecule has 1 aliphatic rings. The van der Waals surface area contributed by atoms with Crippen molar-refractivity contribution in [3.8, 4) is 0 Å². The minimum absolute atomic E-state index is 0.518. The van der Waals surface area contributed by atoms with E-state index in [1.807, 2.05) is 6.26 Å². The number of nitrogens with one attached hydrogen (secondary N) is 1. The molecule has 0 unspecified atom stereocenters. The third-order valence-electron chi connectivity index (χ3n) is 2.91. The zero-order valence-corrected chi connectivity index (χ0v) is 7.47.